The molecule has 0 bridgehead atoms. The number of halogens is 1. The highest BCUT2D eigenvalue weighted by Gasteiger charge is 1.99. The Balaban J connectivity index is 1.68. The van der Waals surface area contributed by atoms with E-state index in [1.165, 1.54) is 6.07 Å². The Morgan fingerprint density at radius 2 is 1.58 bits per heavy atom. The highest BCUT2D eigenvalue weighted by molar-refractivity contribution is 5.28. The summed E-state index contributed by atoms with van der Waals surface area (Å²) in [6.45, 7) is 2.88. The van der Waals surface area contributed by atoms with Gasteiger partial charge in [-0.2, -0.15) is 0 Å². The lowest BCUT2D eigenvalue weighted by Crippen LogP contribution is -2.05. The Kier molecular flexibility index (Phi) is 4.78. The Hall–Kier alpha value is -2.03. The number of benzene rings is 2. The van der Waals surface area contributed by atoms with Gasteiger partial charge in [-0.25, -0.2) is 4.39 Å². The molecule has 0 aliphatic rings. The maximum Gasteiger partial charge on any atom is 0.126 e. The first-order valence-electron chi connectivity index (χ1n) is 6.32. The largest absolute Gasteiger partial charge is 0.493 e. The topological polar surface area (TPSA) is 18.5 Å². The van der Waals surface area contributed by atoms with Crippen LogP contribution in [-0.2, 0) is 0 Å². The van der Waals surface area contributed by atoms with E-state index in [0.29, 0.717) is 24.5 Å². The molecule has 0 radical (unpaired) electrons. The molecule has 19 heavy (non-hydrogen) atoms. The predicted octanol–water partition coefficient (Wildman–Crippen LogP) is 3.98. The van der Waals surface area contributed by atoms with Crippen LogP contribution < -0.4 is 9.47 Å². The summed E-state index contributed by atoms with van der Waals surface area (Å²) < 4.78 is 24.1. The average Bonchev–Trinajstić information content (AvgIpc) is 2.43. The quantitative estimate of drug-likeness (QED) is 0.731. The highest BCUT2D eigenvalue weighted by atomic mass is 19.1. The van der Waals surface area contributed by atoms with Crippen molar-refractivity contribution >= 4 is 0 Å². The van der Waals surface area contributed by atoms with Crippen LogP contribution in [0.1, 0.15) is 12.0 Å². The predicted molar refractivity (Wildman–Crippen MR) is 73.2 cm³/mol. The van der Waals surface area contributed by atoms with Crippen molar-refractivity contribution in [1.29, 1.82) is 0 Å². The molecule has 0 aliphatic carbocycles. The molecule has 3 heteroatoms. The first-order valence-corrected chi connectivity index (χ1v) is 6.32. The summed E-state index contributed by atoms with van der Waals surface area (Å²) in [6.07, 6.45) is 0.783. The third-order valence-electron chi connectivity index (χ3n) is 2.70. The van der Waals surface area contributed by atoms with E-state index in [-0.39, 0.29) is 5.82 Å². The minimum absolute atomic E-state index is 0.209. The third-order valence-corrected chi connectivity index (χ3v) is 2.70. The van der Waals surface area contributed by atoms with Crippen LogP contribution in [0, 0.1) is 12.7 Å². The summed E-state index contributed by atoms with van der Waals surface area (Å²) in [5, 5.41) is 0. The number of para-hydroxylation sites is 1. The number of hydrogen-bond donors (Lipinski definition) is 0. The molecule has 0 fully saturated rings. The molecule has 0 aliphatic heterocycles. The van der Waals surface area contributed by atoms with Crippen molar-refractivity contribution < 1.29 is 13.9 Å². The number of rotatable bonds is 6. The number of ether oxygens (including phenoxy) is 2. The van der Waals surface area contributed by atoms with Gasteiger partial charge in [0, 0.05) is 6.42 Å². The normalized spacial score (nSPS) is 10.2. The molecule has 0 amide bonds. The lowest BCUT2D eigenvalue weighted by atomic mass is 10.2. The molecule has 2 rings (SSSR count). The van der Waals surface area contributed by atoms with E-state index in [9.17, 15) is 4.39 Å². The standard InChI is InChI=1S/C16H17FO2/c1-13-12-15(8-9-16(13)17)19-11-5-10-18-14-6-3-2-4-7-14/h2-4,6-9,12H,5,10-11H2,1H3. The molecule has 0 saturated heterocycles. The fourth-order valence-electron chi connectivity index (χ4n) is 1.66. The zero-order valence-electron chi connectivity index (χ0n) is 10.9. The fraction of sp³-hybridized carbons (Fsp3) is 0.250. The summed E-state index contributed by atoms with van der Waals surface area (Å²) in [5.41, 5.74) is 0.595. The van der Waals surface area contributed by atoms with Gasteiger partial charge in [0.1, 0.15) is 17.3 Å². The van der Waals surface area contributed by atoms with Crippen molar-refractivity contribution in [3.63, 3.8) is 0 Å². The first kappa shape index (κ1) is 13.4. The second kappa shape index (κ2) is 6.78. The van der Waals surface area contributed by atoms with Crippen LogP contribution >= 0.6 is 0 Å². The molecule has 0 saturated carbocycles. The Labute approximate surface area is 112 Å². The van der Waals surface area contributed by atoms with E-state index in [2.05, 4.69) is 0 Å². The molecule has 2 nitrogen and oxygen atoms in total. The van der Waals surface area contributed by atoms with Crippen molar-refractivity contribution in [3.8, 4) is 11.5 Å². The SMILES string of the molecule is Cc1cc(OCCCOc2ccccc2)ccc1F. The average molecular weight is 260 g/mol. The van der Waals surface area contributed by atoms with Crippen LogP contribution in [0.3, 0.4) is 0 Å². The van der Waals surface area contributed by atoms with Gasteiger partial charge in [-0.05, 0) is 42.8 Å². The minimum Gasteiger partial charge on any atom is -0.493 e. The molecule has 0 aromatic heterocycles. The van der Waals surface area contributed by atoms with Gasteiger partial charge in [0.05, 0.1) is 13.2 Å². The molecular formula is C16H17FO2. The van der Waals surface area contributed by atoms with Gasteiger partial charge in [-0.1, -0.05) is 18.2 Å². The van der Waals surface area contributed by atoms with Crippen LogP contribution in [0.4, 0.5) is 4.39 Å². The number of hydrogen-bond acceptors (Lipinski definition) is 2. The maximum atomic E-state index is 13.1. The van der Waals surface area contributed by atoms with Crippen molar-refractivity contribution in [2.75, 3.05) is 13.2 Å². The number of aryl methyl sites for hydroxylation is 1. The molecule has 0 N–H and O–H groups in total. The molecule has 100 valence electrons. The van der Waals surface area contributed by atoms with Gasteiger partial charge in [0.15, 0.2) is 0 Å². The van der Waals surface area contributed by atoms with Crippen LogP contribution in [0.15, 0.2) is 48.5 Å². The van der Waals surface area contributed by atoms with Crippen molar-refractivity contribution in [3.05, 3.63) is 59.9 Å². The maximum absolute atomic E-state index is 13.1. The Morgan fingerprint density at radius 3 is 2.26 bits per heavy atom. The fourth-order valence-corrected chi connectivity index (χ4v) is 1.66. The van der Waals surface area contributed by atoms with Crippen LogP contribution in [0.5, 0.6) is 11.5 Å². The van der Waals surface area contributed by atoms with E-state index in [1.807, 2.05) is 30.3 Å². The van der Waals surface area contributed by atoms with Gasteiger partial charge in [-0.3, -0.25) is 0 Å². The third kappa shape index (κ3) is 4.28. The van der Waals surface area contributed by atoms with Crippen molar-refractivity contribution in [2.45, 2.75) is 13.3 Å². The molecule has 0 atom stereocenters. The van der Waals surface area contributed by atoms with Gasteiger partial charge in [0.2, 0.25) is 0 Å². The smallest absolute Gasteiger partial charge is 0.126 e. The summed E-state index contributed by atoms with van der Waals surface area (Å²) in [5.74, 6) is 1.35. The van der Waals surface area contributed by atoms with E-state index in [0.717, 1.165) is 12.2 Å². The van der Waals surface area contributed by atoms with E-state index in [1.54, 1.807) is 19.1 Å². The summed E-state index contributed by atoms with van der Waals surface area (Å²) in [4.78, 5) is 0. The molecule has 0 spiro atoms. The van der Waals surface area contributed by atoms with Gasteiger partial charge in [0.25, 0.3) is 0 Å². The minimum atomic E-state index is -0.209. The summed E-state index contributed by atoms with van der Waals surface area (Å²) >= 11 is 0. The van der Waals surface area contributed by atoms with E-state index >= 15 is 0 Å². The zero-order valence-corrected chi connectivity index (χ0v) is 10.9. The zero-order chi connectivity index (χ0) is 13.5. The van der Waals surface area contributed by atoms with Crippen LogP contribution in [0.25, 0.3) is 0 Å². The monoisotopic (exact) mass is 260 g/mol. The summed E-state index contributed by atoms with van der Waals surface area (Å²) in [6, 6.07) is 14.4. The van der Waals surface area contributed by atoms with E-state index in [4.69, 9.17) is 9.47 Å². The lowest BCUT2D eigenvalue weighted by Gasteiger charge is -2.08. The second-order valence-electron chi connectivity index (χ2n) is 4.27. The highest BCUT2D eigenvalue weighted by Crippen LogP contribution is 2.16. The van der Waals surface area contributed by atoms with Gasteiger partial charge < -0.3 is 9.47 Å². The van der Waals surface area contributed by atoms with Crippen LogP contribution in [0.2, 0.25) is 0 Å². The van der Waals surface area contributed by atoms with Gasteiger partial charge >= 0.3 is 0 Å². The molecule has 0 unspecified atom stereocenters. The van der Waals surface area contributed by atoms with Crippen molar-refractivity contribution in [1.82, 2.24) is 0 Å². The summed E-state index contributed by atoms with van der Waals surface area (Å²) in [7, 11) is 0. The molecule has 2 aromatic carbocycles. The van der Waals surface area contributed by atoms with E-state index < -0.39 is 0 Å². The Morgan fingerprint density at radius 1 is 0.895 bits per heavy atom. The van der Waals surface area contributed by atoms with Crippen LogP contribution in [-0.4, -0.2) is 13.2 Å². The second-order valence-corrected chi connectivity index (χ2v) is 4.27. The molecule has 2 aromatic rings. The Bertz CT molecular complexity index is 511. The lowest BCUT2D eigenvalue weighted by molar-refractivity contribution is 0.247. The molecular weight excluding hydrogens is 243 g/mol. The molecule has 0 heterocycles. The van der Waals surface area contributed by atoms with Gasteiger partial charge in [-0.15, -0.1) is 0 Å². The van der Waals surface area contributed by atoms with Crippen molar-refractivity contribution in [2.24, 2.45) is 0 Å². The first-order chi connectivity index (χ1) is 9.25.